The maximum absolute atomic E-state index is 12.4. The number of amides is 3. The lowest BCUT2D eigenvalue weighted by Crippen LogP contribution is -2.25. The SMILES string of the molecule is CCNC(=O)c1ccc(NC(=O)C(=O)c2ccccc2NC(C)=O)cc1. The molecule has 7 heteroatoms. The van der Waals surface area contributed by atoms with Crippen LogP contribution in [0.15, 0.2) is 48.5 Å². The van der Waals surface area contributed by atoms with Gasteiger partial charge in [0.1, 0.15) is 0 Å². The Morgan fingerprint density at radius 1 is 0.885 bits per heavy atom. The Morgan fingerprint density at radius 2 is 1.54 bits per heavy atom. The van der Waals surface area contributed by atoms with E-state index in [1.807, 2.05) is 6.92 Å². The van der Waals surface area contributed by atoms with Crippen molar-refractivity contribution in [2.75, 3.05) is 17.2 Å². The van der Waals surface area contributed by atoms with Crippen molar-refractivity contribution in [3.8, 4) is 0 Å². The Hall–Kier alpha value is -3.48. The predicted molar refractivity (Wildman–Crippen MR) is 98.2 cm³/mol. The van der Waals surface area contributed by atoms with E-state index in [-0.39, 0.29) is 23.1 Å². The van der Waals surface area contributed by atoms with Crippen LogP contribution in [-0.4, -0.2) is 30.0 Å². The molecule has 0 saturated carbocycles. The zero-order chi connectivity index (χ0) is 19.1. The molecule has 2 rings (SSSR count). The van der Waals surface area contributed by atoms with Gasteiger partial charge >= 0.3 is 0 Å². The second-order valence-corrected chi connectivity index (χ2v) is 5.45. The van der Waals surface area contributed by atoms with E-state index in [2.05, 4.69) is 16.0 Å². The van der Waals surface area contributed by atoms with Gasteiger partial charge in [-0.1, -0.05) is 12.1 Å². The zero-order valence-corrected chi connectivity index (χ0v) is 14.5. The van der Waals surface area contributed by atoms with Gasteiger partial charge in [-0.3, -0.25) is 19.2 Å². The van der Waals surface area contributed by atoms with Gasteiger partial charge in [0.15, 0.2) is 0 Å². The van der Waals surface area contributed by atoms with Crippen LogP contribution in [0.4, 0.5) is 11.4 Å². The maximum atomic E-state index is 12.4. The summed E-state index contributed by atoms with van der Waals surface area (Å²) in [6.07, 6.45) is 0. The first-order valence-electron chi connectivity index (χ1n) is 8.03. The fourth-order valence-electron chi connectivity index (χ4n) is 2.26. The molecule has 0 aliphatic heterocycles. The van der Waals surface area contributed by atoms with E-state index in [9.17, 15) is 19.2 Å². The highest BCUT2D eigenvalue weighted by Crippen LogP contribution is 2.17. The topological polar surface area (TPSA) is 104 Å². The molecule has 7 nitrogen and oxygen atoms in total. The highest BCUT2D eigenvalue weighted by Gasteiger charge is 2.20. The van der Waals surface area contributed by atoms with Gasteiger partial charge in [-0.2, -0.15) is 0 Å². The Bertz CT molecular complexity index is 844. The van der Waals surface area contributed by atoms with Crippen LogP contribution in [-0.2, 0) is 9.59 Å². The lowest BCUT2D eigenvalue weighted by Gasteiger charge is -2.09. The van der Waals surface area contributed by atoms with Gasteiger partial charge in [0.25, 0.3) is 17.6 Å². The number of Topliss-reactive ketones (excluding diaryl/α,β-unsaturated/α-hetero) is 1. The molecule has 0 unspecified atom stereocenters. The van der Waals surface area contributed by atoms with Crippen molar-refractivity contribution in [3.63, 3.8) is 0 Å². The van der Waals surface area contributed by atoms with E-state index in [0.29, 0.717) is 17.8 Å². The molecule has 0 fully saturated rings. The molecule has 3 N–H and O–H groups in total. The Balaban J connectivity index is 2.11. The van der Waals surface area contributed by atoms with Crippen LogP contribution in [0, 0.1) is 0 Å². The number of anilines is 2. The number of para-hydroxylation sites is 1. The smallest absolute Gasteiger partial charge is 0.296 e. The summed E-state index contributed by atoms with van der Waals surface area (Å²) >= 11 is 0. The Morgan fingerprint density at radius 3 is 2.15 bits per heavy atom. The first kappa shape index (κ1) is 18.9. The molecule has 0 bridgehead atoms. The first-order valence-corrected chi connectivity index (χ1v) is 8.03. The monoisotopic (exact) mass is 353 g/mol. The number of nitrogens with one attached hydrogen (secondary N) is 3. The van der Waals surface area contributed by atoms with Gasteiger partial charge in [-0.05, 0) is 43.3 Å². The Labute approximate surface area is 150 Å². The van der Waals surface area contributed by atoms with Gasteiger partial charge in [-0.25, -0.2) is 0 Å². The van der Waals surface area contributed by atoms with Crippen molar-refractivity contribution >= 4 is 34.9 Å². The minimum Gasteiger partial charge on any atom is -0.352 e. The minimum absolute atomic E-state index is 0.0964. The summed E-state index contributed by atoms with van der Waals surface area (Å²) in [4.78, 5) is 47.5. The lowest BCUT2D eigenvalue weighted by molar-refractivity contribution is -0.114. The van der Waals surface area contributed by atoms with Crippen LogP contribution in [0.5, 0.6) is 0 Å². The minimum atomic E-state index is -0.839. The molecular formula is C19H19N3O4. The summed E-state index contributed by atoms with van der Waals surface area (Å²) in [7, 11) is 0. The van der Waals surface area contributed by atoms with E-state index in [1.165, 1.54) is 25.1 Å². The van der Waals surface area contributed by atoms with Gasteiger partial charge < -0.3 is 16.0 Å². The van der Waals surface area contributed by atoms with Gasteiger partial charge in [0.2, 0.25) is 5.91 Å². The molecule has 134 valence electrons. The van der Waals surface area contributed by atoms with E-state index in [4.69, 9.17) is 0 Å². The van der Waals surface area contributed by atoms with Crippen molar-refractivity contribution in [3.05, 3.63) is 59.7 Å². The predicted octanol–water partition coefficient (Wildman–Crippen LogP) is 2.22. The molecule has 0 aromatic heterocycles. The number of hydrogen-bond donors (Lipinski definition) is 3. The standard InChI is InChI=1S/C19H19N3O4/c1-3-20-18(25)13-8-10-14(11-9-13)22-19(26)17(24)15-6-4-5-7-16(15)21-12(2)23/h4-11H,3H2,1-2H3,(H,20,25)(H,21,23)(H,22,26). The molecule has 3 amide bonds. The average Bonchev–Trinajstić information content (AvgIpc) is 2.62. The van der Waals surface area contributed by atoms with E-state index in [1.54, 1.807) is 30.3 Å². The highest BCUT2D eigenvalue weighted by atomic mass is 16.2. The number of carbonyl (C=O) groups excluding carboxylic acids is 4. The third-order valence-electron chi connectivity index (χ3n) is 3.43. The second-order valence-electron chi connectivity index (χ2n) is 5.45. The second kappa shape index (κ2) is 8.57. The molecule has 0 atom stereocenters. The molecule has 2 aromatic rings. The average molecular weight is 353 g/mol. The summed E-state index contributed by atoms with van der Waals surface area (Å²) in [5, 5.41) is 7.68. The van der Waals surface area contributed by atoms with Gasteiger partial charge in [-0.15, -0.1) is 0 Å². The molecule has 0 saturated heterocycles. The number of hydrogen-bond acceptors (Lipinski definition) is 4. The van der Waals surface area contributed by atoms with Gasteiger partial charge in [0.05, 0.1) is 11.3 Å². The zero-order valence-electron chi connectivity index (χ0n) is 14.5. The summed E-state index contributed by atoms with van der Waals surface area (Å²) in [6, 6.07) is 12.4. The molecule has 0 spiro atoms. The van der Waals surface area contributed by atoms with Crippen molar-refractivity contribution in [2.24, 2.45) is 0 Å². The number of carbonyl (C=O) groups is 4. The van der Waals surface area contributed by atoms with E-state index in [0.717, 1.165) is 0 Å². The molecule has 0 heterocycles. The van der Waals surface area contributed by atoms with E-state index >= 15 is 0 Å². The summed E-state index contributed by atoms with van der Waals surface area (Å²) < 4.78 is 0. The fourth-order valence-corrected chi connectivity index (χ4v) is 2.26. The third-order valence-corrected chi connectivity index (χ3v) is 3.43. The largest absolute Gasteiger partial charge is 0.352 e. The van der Waals surface area contributed by atoms with Crippen LogP contribution < -0.4 is 16.0 Å². The third kappa shape index (κ3) is 4.76. The maximum Gasteiger partial charge on any atom is 0.296 e. The Kier molecular flexibility index (Phi) is 6.21. The van der Waals surface area contributed by atoms with Crippen molar-refractivity contribution in [2.45, 2.75) is 13.8 Å². The number of benzene rings is 2. The van der Waals surface area contributed by atoms with Crippen LogP contribution in [0.1, 0.15) is 34.6 Å². The van der Waals surface area contributed by atoms with Crippen molar-refractivity contribution < 1.29 is 19.2 Å². The quantitative estimate of drug-likeness (QED) is 0.547. The number of rotatable bonds is 6. The molecular weight excluding hydrogens is 334 g/mol. The van der Waals surface area contributed by atoms with Gasteiger partial charge in [0, 0.05) is 24.7 Å². The fraction of sp³-hybridized carbons (Fsp3) is 0.158. The summed E-state index contributed by atoms with van der Waals surface area (Å²) in [6.45, 7) is 3.65. The van der Waals surface area contributed by atoms with Crippen molar-refractivity contribution in [1.82, 2.24) is 5.32 Å². The molecule has 0 aliphatic rings. The number of ketones is 1. The molecule has 26 heavy (non-hydrogen) atoms. The van der Waals surface area contributed by atoms with Crippen LogP contribution in [0.25, 0.3) is 0 Å². The molecule has 0 radical (unpaired) electrons. The van der Waals surface area contributed by atoms with E-state index < -0.39 is 11.7 Å². The highest BCUT2D eigenvalue weighted by molar-refractivity contribution is 6.47. The van der Waals surface area contributed by atoms with Crippen LogP contribution in [0.3, 0.4) is 0 Å². The molecule has 2 aromatic carbocycles. The normalized spacial score (nSPS) is 9.92. The van der Waals surface area contributed by atoms with Crippen LogP contribution >= 0.6 is 0 Å². The molecule has 0 aliphatic carbocycles. The van der Waals surface area contributed by atoms with Crippen LogP contribution in [0.2, 0.25) is 0 Å². The summed E-state index contributed by atoms with van der Waals surface area (Å²) in [5.41, 5.74) is 1.20. The summed E-state index contributed by atoms with van der Waals surface area (Å²) in [5.74, 6) is -2.17. The lowest BCUT2D eigenvalue weighted by atomic mass is 10.1. The first-order chi connectivity index (χ1) is 12.4. The van der Waals surface area contributed by atoms with Crippen molar-refractivity contribution in [1.29, 1.82) is 0 Å².